The van der Waals surface area contributed by atoms with E-state index in [4.69, 9.17) is 0 Å². The van der Waals surface area contributed by atoms with Gasteiger partial charge in [0.1, 0.15) is 0 Å². The van der Waals surface area contributed by atoms with Crippen LogP contribution in [0.25, 0.3) is 16.6 Å². The molecule has 5 rings (SSSR count). The molecule has 134 valence electrons. The van der Waals surface area contributed by atoms with Gasteiger partial charge in [0.25, 0.3) is 5.56 Å². The molecule has 0 amide bonds. The summed E-state index contributed by atoms with van der Waals surface area (Å²) < 4.78 is 2.25. The molecule has 1 N–H and O–H groups in total. The van der Waals surface area contributed by atoms with Crippen molar-refractivity contribution in [2.45, 2.75) is 5.60 Å². The number of benzene rings is 3. The molecular weight excluding hydrogens is 416 g/mol. The van der Waals surface area contributed by atoms with E-state index in [0.29, 0.717) is 22.2 Å². The van der Waals surface area contributed by atoms with E-state index in [1.54, 1.807) is 30.3 Å². The van der Waals surface area contributed by atoms with E-state index in [9.17, 15) is 9.90 Å². The predicted molar refractivity (Wildman–Crippen MR) is 111 cm³/mol. The van der Waals surface area contributed by atoms with Crippen LogP contribution in [-0.4, -0.2) is 14.7 Å². The van der Waals surface area contributed by atoms with E-state index in [1.165, 1.54) is 4.57 Å². The number of aromatic nitrogens is 2. The largest absolute Gasteiger partial charge is 0.367 e. The van der Waals surface area contributed by atoms with Gasteiger partial charge < -0.3 is 5.11 Å². The van der Waals surface area contributed by atoms with Gasteiger partial charge in [0, 0.05) is 15.6 Å². The summed E-state index contributed by atoms with van der Waals surface area (Å²) in [5, 5.41) is 12.1. The summed E-state index contributed by atoms with van der Waals surface area (Å²) in [5.41, 5.74) is 0.510. The summed E-state index contributed by atoms with van der Waals surface area (Å²) in [5.74, 6) is 6.21. The second-order valence-electron chi connectivity index (χ2n) is 6.58. The van der Waals surface area contributed by atoms with Gasteiger partial charge in [-0.05, 0) is 48.4 Å². The Morgan fingerprint density at radius 3 is 2.57 bits per heavy atom. The van der Waals surface area contributed by atoms with Gasteiger partial charge >= 0.3 is 0 Å². The Bertz CT molecular complexity index is 1370. The maximum Gasteiger partial charge on any atom is 0.266 e. The molecule has 1 atom stereocenters. The standard InChI is InChI=1S/C23H13BrN2O2/c24-16-10-11-20-18(14-16)23(28,13-12-15-6-2-1-3-7-15)22-25-19-9-5-4-8-17(19)21(27)26(20)22/h1-11,14,28H. The maximum absolute atomic E-state index is 13.2. The molecule has 0 fully saturated rings. The Morgan fingerprint density at radius 1 is 1.00 bits per heavy atom. The molecular formula is C23H13BrN2O2. The van der Waals surface area contributed by atoms with Gasteiger partial charge in [-0.25, -0.2) is 4.98 Å². The van der Waals surface area contributed by atoms with Crippen LogP contribution >= 0.6 is 15.9 Å². The third-order valence-electron chi connectivity index (χ3n) is 4.85. The highest BCUT2D eigenvalue weighted by molar-refractivity contribution is 9.10. The van der Waals surface area contributed by atoms with Crippen molar-refractivity contribution in [2.24, 2.45) is 0 Å². The Balaban J connectivity index is 1.86. The third-order valence-corrected chi connectivity index (χ3v) is 5.34. The van der Waals surface area contributed by atoms with E-state index in [-0.39, 0.29) is 11.4 Å². The summed E-state index contributed by atoms with van der Waals surface area (Å²) in [6.07, 6.45) is 0. The first-order chi connectivity index (χ1) is 13.6. The minimum absolute atomic E-state index is 0.215. The zero-order chi connectivity index (χ0) is 19.3. The molecule has 1 unspecified atom stereocenters. The van der Waals surface area contributed by atoms with Crippen molar-refractivity contribution in [2.75, 3.05) is 0 Å². The van der Waals surface area contributed by atoms with Crippen LogP contribution in [0, 0.1) is 11.8 Å². The van der Waals surface area contributed by atoms with Crippen molar-refractivity contribution in [3.05, 3.63) is 105 Å². The fraction of sp³-hybridized carbons (Fsp3) is 0.0435. The zero-order valence-corrected chi connectivity index (χ0v) is 16.1. The van der Waals surface area contributed by atoms with E-state index < -0.39 is 5.60 Å². The van der Waals surface area contributed by atoms with Gasteiger partial charge in [0.15, 0.2) is 5.82 Å². The van der Waals surface area contributed by atoms with Crippen LogP contribution in [0.3, 0.4) is 0 Å². The Labute approximate surface area is 169 Å². The lowest BCUT2D eigenvalue weighted by molar-refractivity contribution is 0.141. The molecule has 28 heavy (non-hydrogen) atoms. The quantitative estimate of drug-likeness (QED) is 0.434. The van der Waals surface area contributed by atoms with Crippen LogP contribution in [0.1, 0.15) is 17.0 Å². The number of halogens is 1. The second-order valence-corrected chi connectivity index (χ2v) is 7.50. The number of para-hydroxylation sites is 1. The van der Waals surface area contributed by atoms with Crippen molar-refractivity contribution >= 4 is 26.8 Å². The molecule has 1 aliphatic heterocycles. The molecule has 0 bridgehead atoms. The fourth-order valence-electron chi connectivity index (χ4n) is 3.52. The lowest BCUT2D eigenvalue weighted by Crippen LogP contribution is -2.28. The van der Waals surface area contributed by atoms with Gasteiger partial charge in [-0.3, -0.25) is 9.36 Å². The molecule has 5 heteroatoms. The summed E-state index contributed by atoms with van der Waals surface area (Å²) in [7, 11) is 0. The van der Waals surface area contributed by atoms with E-state index >= 15 is 0 Å². The lowest BCUT2D eigenvalue weighted by Gasteiger charge is -2.17. The van der Waals surface area contributed by atoms with Crippen LogP contribution in [0.5, 0.6) is 0 Å². The zero-order valence-electron chi connectivity index (χ0n) is 14.6. The minimum atomic E-state index is -1.70. The highest BCUT2D eigenvalue weighted by Crippen LogP contribution is 2.40. The molecule has 0 saturated heterocycles. The van der Waals surface area contributed by atoms with Crippen LogP contribution in [0.15, 0.2) is 82.1 Å². The number of aliphatic hydroxyl groups is 1. The van der Waals surface area contributed by atoms with Gasteiger partial charge in [0.05, 0.1) is 16.6 Å². The first-order valence-corrected chi connectivity index (χ1v) is 9.50. The summed E-state index contributed by atoms with van der Waals surface area (Å²) in [6, 6.07) is 22.0. The number of nitrogens with zero attached hydrogens (tertiary/aromatic N) is 2. The smallest absolute Gasteiger partial charge is 0.266 e. The van der Waals surface area contributed by atoms with Crippen molar-refractivity contribution in [1.29, 1.82) is 0 Å². The average Bonchev–Trinajstić information content (AvgIpc) is 2.96. The van der Waals surface area contributed by atoms with Crippen molar-refractivity contribution in [1.82, 2.24) is 9.55 Å². The molecule has 2 heterocycles. The van der Waals surface area contributed by atoms with Gasteiger partial charge in [-0.1, -0.05) is 52.2 Å². The molecule has 0 aliphatic carbocycles. The normalized spacial score (nSPS) is 16.9. The van der Waals surface area contributed by atoms with Crippen molar-refractivity contribution in [3.63, 3.8) is 0 Å². The first-order valence-electron chi connectivity index (χ1n) is 8.71. The molecule has 0 radical (unpaired) electrons. The SMILES string of the molecule is O=c1c2ccccc2nc2n1-c1ccc(Br)cc1C2(O)C#Cc1ccccc1. The van der Waals surface area contributed by atoms with E-state index in [0.717, 1.165) is 10.0 Å². The van der Waals surface area contributed by atoms with Gasteiger partial charge in [-0.15, -0.1) is 0 Å². The minimum Gasteiger partial charge on any atom is -0.367 e. The topological polar surface area (TPSA) is 55.1 Å². The molecule has 4 aromatic rings. The molecule has 0 spiro atoms. The first kappa shape index (κ1) is 16.9. The summed E-state index contributed by atoms with van der Waals surface area (Å²) >= 11 is 3.45. The van der Waals surface area contributed by atoms with Crippen molar-refractivity contribution in [3.8, 4) is 17.5 Å². The van der Waals surface area contributed by atoms with E-state index in [1.807, 2.05) is 42.5 Å². The number of fused-ring (bicyclic) bond motifs is 4. The number of rotatable bonds is 0. The van der Waals surface area contributed by atoms with Crippen LogP contribution in [0.4, 0.5) is 0 Å². The molecule has 1 aliphatic rings. The maximum atomic E-state index is 13.2. The Hall–Kier alpha value is -3.20. The van der Waals surface area contributed by atoms with Crippen LogP contribution in [0.2, 0.25) is 0 Å². The molecule has 3 aromatic carbocycles. The molecule has 1 aromatic heterocycles. The lowest BCUT2D eigenvalue weighted by atomic mass is 9.95. The second kappa shape index (κ2) is 6.16. The third kappa shape index (κ3) is 2.43. The monoisotopic (exact) mass is 428 g/mol. The predicted octanol–water partition coefficient (Wildman–Crippen LogP) is 3.75. The number of hydrogen-bond donors (Lipinski definition) is 1. The fourth-order valence-corrected chi connectivity index (χ4v) is 3.88. The van der Waals surface area contributed by atoms with Crippen LogP contribution in [-0.2, 0) is 5.60 Å². The van der Waals surface area contributed by atoms with E-state index in [2.05, 4.69) is 32.8 Å². The Kier molecular flexibility index (Phi) is 3.73. The van der Waals surface area contributed by atoms with Crippen molar-refractivity contribution < 1.29 is 5.11 Å². The highest BCUT2D eigenvalue weighted by Gasteiger charge is 2.44. The number of hydrogen-bond acceptors (Lipinski definition) is 3. The summed E-state index contributed by atoms with van der Waals surface area (Å²) in [4.78, 5) is 17.8. The molecule has 0 saturated carbocycles. The van der Waals surface area contributed by atoms with Gasteiger partial charge in [-0.2, -0.15) is 0 Å². The van der Waals surface area contributed by atoms with Gasteiger partial charge in [0.2, 0.25) is 5.60 Å². The average molecular weight is 429 g/mol. The Morgan fingerprint density at radius 2 is 1.75 bits per heavy atom. The van der Waals surface area contributed by atoms with Crippen LogP contribution < -0.4 is 5.56 Å². The summed E-state index contributed by atoms with van der Waals surface area (Å²) in [6.45, 7) is 0. The molecule has 4 nitrogen and oxygen atoms in total. The highest BCUT2D eigenvalue weighted by atomic mass is 79.9.